The first kappa shape index (κ1) is 23.7. The maximum Gasteiger partial charge on any atom is 0.416 e. The van der Waals surface area contributed by atoms with E-state index >= 15 is 0 Å². The van der Waals surface area contributed by atoms with E-state index in [2.05, 4.69) is 17.2 Å². The number of hydrogen-bond acceptors (Lipinski definition) is 5. The molecule has 0 aliphatic carbocycles. The summed E-state index contributed by atoms with van der Waals surface area (Å²) in [5.74, 6) is -0.423. The molecule has 0 saturated carbocycles. The van der Waals surface area contributed by atoms with Crippen molar-refractivity contribution in [3.63, 3.8) is 0 Å². The van der Waals surface area contributed by atoms with Gasteiger partial charge in [-0.15, -0.1) is 11.3 Å². The average Bonchev–Trinajstić information content (AvgIpc) is 3.16. The van der Waals surface area contributed by atoms with E-state index in [0.717, 1.165) is 24.1 Å². The zero-order valence-corrected chi connectivity index (χ0v) is 18.7. The molecule has 32 heavy (non-hydrogen) atoms. The first-order valence-electron chi connectivity index (χ1n) is 9.94. The van der Waals surface area contributed by atoms with Crippen molar-refractivity contribution in [2.45, 2.75) is 26.4 Å². The smallest absolute Gasteiger partial charge is 0.416 e. The number of halogens is 3. The SMILES string of the molecule is CCc1ccc(-c2nc(C)c(C(=O)Nc3cc(C(F)(F)F)ccc3OCCOC)s2)cc1. The molecule has 1 aromatic heterocycles. The van der Waals surface area contributed by atoms with Crippen molar-refractivity contribution in [3.8, 4) is 16.3 Å². The normalized spacial score (nSPS) is 11.4. The number of alkyl halides is 3. The third-order valence-electron chi connectivity index (χ3n) is 4.71. The molecule has 5 nitrogen and oxygen atoms in total. The summed E-state index contributed by atoms with van der Waals surface area (Å²) >= 11 is 1.18. The molecule has 0 saturated heterocycles. The number of benzene rings is 2. The largest absolute Gasteiger partial charge is 0.489 e. The minimum atomic E-state index is -4.55. The maximum atomic E-state index is 13.2. The summed E-state index contributed by atoms with van der Waals surface area (Å²) in [6.07, 6.45) is -3.64. The van der Waals surface area contributed by atoms with E-state index < -0.39 is 17.6 Å². The fourth-order valence-electron chi connectivity index (χ4n) is 2.96. The monoisotopic (exact) mass is 464 g/mol. The lowest BCUT2D eigenvalue weighted by atomic mass is 10.1. The Bertz CT molecular complexity index is 1080. The van der Waals surface area contributed by atoms with Crippen molar-refractivity contribution < 1.29 is 27.4 Å². The van der Waals surface area contributed by atoms with Crippen LogP contribution in [0.1, 0.15) is 33.4 Å². The number of amides is 1. The van der Waals surface area contributed by atoms with Crippen LogP contribution in [0.2, 0.25) is 0 Å². The van der Waals surface area contributed by atoms with Crippen molar-refractivity contribution >= 4 is 22.9 Å². The highest BCUT2D eigenvalue weighted by Crippen LogP contribution is 2.36. The zero-order valence-electron chi connectivity index (χ0n) is 17.9. The number of rotatable bonds is 8. The molecule has 0 fully saturated rings. The van der Waals surface area contributed by atoms with Gasteiger partial charge in [-0.3, -0.25) is 4.79 Å². The van der Waals surface area contributed by atoms with Gasteiger partial charge < -0.3 is 14.8 Å². The second-order valence-corrected chi connectivity index (χ2v) is 7.99. The van der Waals surface area contributed by atoms with E-state index in [-0.39, 0.29) is 24.7 Å². The Morgan fingerprint density at radius 3 is 2.47 bits per heavy atom. The number of carbonyl (C=O) groups excluding carboxylic acids is 1. The van der Waals surface area contributed by atoms with Crippen LogP contribution in [0.4, 0.5) is 18.9 Å². The van der Waals surface area contributed by atoms with Crippen LogP contribution in [0.25, 0.3) is 10.6 Å². The Morgan fingerprint density at radius 2 is 1.84 bits per heavy atom. The third-order valence-corrected chi connectivity index (χ3v) is 5.92. The van der Waals surface area contributed by atoms with E-state index in [1.54, 1.807) is 6.92 Å². The van der Waals surface area contributed by atoms with E-state index in [1.165, 1.54) is 30.1 Å². The summed E-state index contributed by atoms with van der Waals surface area (Å²) in [4.78, 5) is 17.7. The molecule has 170 valence electrons. The van der Waals surface area contributed by atoms with Gasteiger partial charge in [0, 0.05) is 12.7 Å². The number of anilines is 1. The average molecular weight is 465 g/mol. The van der Waals surface area contributed by atoms with Crippen molar-refractivity contribution in [1.29, 1.82) is 0 Å². The van der Waals surface area contributed by atoms with Gasteiger partial charge in [0.1, 0.15) is 22.2 Å². The predicted molar refractivity (Wildman–Crippen MR) is 118 cm³/mol. The molecule has 0 bridgehead atoms. The molecule has 1 amide bonds. The molecule has 3 aromatic rings. The van der Waals surface area contributed by atoms with E-state index in [0.29, 0.717) is 15.6 Å². The predicted octanol–water partition coefficient (Wildman–Crippen LogP) is 5.98. The van der Waals surface area contributed by atoms with Gasteiger partial charge in [0.2, 0.25) is 0 Å². The summed E-state index contributed by atoms with van der Waals surface area (Å²) < 4.78 is 50.0. The molecule has 3 rings (SSSR count). The summed E-state index contributed by atoms with van der Waals surface area (Å²) in [6.45, 7) is 4.13. The fraction of sp³-hybridized carbons (Fsp3) is 0.304. The number of aromatic nitrogens is 1. The highest BCUT2D eigenvalue weighted by molar-refractivity contribution is 7.17. The molecule has 9 heteroatoms. The van der Waals surface area contributed by atoms with E-state index in [4.69, 9.17) is 9.47 Å². The first-order valence-corrected chi connectivity index (χ1v) is 10.8. The quantitative estimate of drug-likeness (QED) is 0.417. The molecule has 0 aliphatic heterocycles. The van der Waals surface area contributed by atoms with Crippen molar-refractivity contribution in [1.82, 2.24) is 4.98 Å². The zero-order chi connectivity index (χ0) is 23.3. The number of nitrogens with one attached hydrogen (secondary N) is 1. The topological polar surface area (TPSA) is 60.5 Å². The van der Waals surface area contributed by atoms with Crippen LogP contribution in [-0.2, 0) is 17.3 Å². The number of hydrogen-bond donors (Lipinski definition) is 1. The van der Waals surface area contributed by atoms with Crippen LogP contribution in [0, 0.1) is 6.92 Å². The second-order valence-electron chi connectivity index (χ2n) is 6.99. The van der Waals surface area contributed by atoms with Crippen LogP contribution in [0.3, 0.4) is 0 Å². The first-order chi connectivity index (χ1) is 15.2. The van der Waals surface area contributed by atoms with Gasteiger partial charge >= 0.3 is 6.18 Å². The lowest BCUT2D eigenvalue weighted by Crippen LogP contribution is -2.15. The van der Waals surface area contributed by atoms with Crippen molar-refractivity contribution in [2.75, 3.05) is 25.6 Å². The minimum Gasteiger partial charge on any atom is -0.489 e. The molecule has 0 spiro atoms. The molecule has 1 heterocycles. The molecule has 0 atom stereocenters. The molecular weight excluding hydrogens is 441 g/mol. The van der Waals surface area contributed by atoms with Crippen molar-refractivity contribution in [2.24, 2.45) is 0 Å². The van der Waals surface area contributed by atoms with Crippen LogP contribution in [0.15, 0.2) is 42.5 Å². The van der Waals surface area contributed by atoms with Gasteiger partial charge in [0.05, 0.1) is 23.6 Å². The lowest BCUT2D eigenvalue weighted by Gasteiger charge is -2.15. The standard InChI is InChI=1S/C23H23F3N2O3S/c1-4-15-5-7-16(8-6-15)22-27-14(2)20(32-22)21(29)28-18-13-17(23(24,25)26)9-10-19(18)31-12-11-30-3/h5-10,13H,4,11-12H2,1-3H3,(H,28,29). The van der Waals surface area contributed by atoms with Gasteiger partial charge in [-0.05, 0) is 37.1 Å². The fourth-order valence-corrected chi connectivity index (χ4v) is 3.92. The highest BCUT2D eigenvalue weighted by atomic mass is 32.1. The van der Waals surface area contributed by atoms with E-state index in [1.807, 2.05) is 24.3 Å². The Morgan fingerprint density at radius 1 is 1.12 bits per heavy atom. The van der Waals surface area contributed by atoms with Crippen LogP contribution in [-0.4, -0.2) is 31.2 Å². The summed E-state index contributed by atoms with van der Waals surface area (Å²) in [6, 6.07) is 10.8. The molecule has 0 aliphatic rings. The van der Waals surface area contributed by atoms with Crippen LogP contribution in [0.5, 0.6) is 5.75 Å². The van der Waals surface area contributed by atoms with Gasteiger partial charge in [-0.25, -0.2) is 4.98 Å². The Hall–Kier alpha value is -2.91. The summed E-state index contributed by atoms with van der Waals surface area (Å²) in [5, 5.41) is 3.22. The number of nitrogens with zero attached hydrogens (tertiary/aromatic N) is 1. The molecule has 0 radical (unpaired) electrons. The number of ether oxygens (including phenoxy) is 2. The summed E-state index contributed by atoms with van der Waals surface area (Å²) in [7, 11) is 1.48. The molecule has 2 aromatic carbocycles. The summed E-state index contributed by atoms with van der Waals surface area (Å²) in [5.41, 5.74) is 1.60. The van der Waals surface area contributed by atoms with Crippen LogP contribution < -0.4 is 10.1 Å². The lowest BCUT2D eigenvalue weighted by molar-refractivity contribution is -0.137. The number of carbonyl (C=O) groups is 1. The number of aryl methyl sites for hydroxylation is 2. The van der Waals surface area contributed by atoms with Gasteiger partial charge in [-0.2, -0.15) is 13.2 Å². The number of thiazole rings is 1. The maximum absolute atomic E-state index is 13.2. The third kappa shape index (κ3) is 5.66. The Kier molecular flexibility index (Phi) is 7.52. The Labute approximate surface area is 188 Å². The van der Waals surface area contributed by atoms with Gasteiger partial charge in [0.25, 0.3) is 5.91 Å². The van der Waals surface area contributed by atoms with E-state index in [9.17, 15) is 18.0 Å². The molecule has 1 N–H and O–H groups in total. The van der Waals surface area contributed by atoms with Crippen LogP contribution >= 0.6 is 11.3 Å². The Balaban J connectivity index is 1.87. The molecule has 0 unspecified atom stereocenters. The van der Waals surface area contributed by atoms with Crippen molar-refractivity contribution in [3.05, 3.63) is 64.2 Å². The number of methoxy groups -OCH3 is 1. The molecular formula is C23H23F3N2O3S. The van der Waals surface area contributed by atoms with Gasteiger partial charge in [-0.1, -0.05) is 31.2 Å². The van der Waals surface area contributed by atoms with Gasteiger partial charge in [0.15, 0.2) is 0 Å². The second kappa shape index (κ2) is 10.1. The minimum absolute atomic E-state index is 0.0671. The highest BCUT2D eigenvalue weighted by Gasteiger charge is 2.31.